The van der Waals surface area contributed by atoms with Crippen molar-refractivity contribution in [2.75, 3.05) is 5.32 Å². The van der Waals surface area contributed by atoms with Gasteiger partial charge < -0.3 is 15.8 Å². The second kappa shape index (κ2) is 10.1. The van der Waals surface area contributed by atoms with Crippen molar-refractivity contribution in [3.8, 4) is 5.75 Å². The zero-order chi connectivity index (χ0) is 24.1. The Labute approximate surface area is 181 Å². The summed E-state index contributed by atoms with van der Waals surface area (Å²) in [6, 6.07) is 10.1. The van der Waals surface area contributed by atoms with Gasteiger partial charge in [-0.05, 0) is 43.3 Å². The van der Waals surface area contributed by atoms with E-state index in [-0.39, 0.29) is 39.7 Å². The van der Waals surface area contributed by atoms with Crippen LogP contribution in [-0.4, -0.2) is 24.0 Å². The first kappa shape index (κ1) is 24.6. The molecular formula is C22H21F4N3O3. The Morgan fingerprint density at radius 2 is 1.72 bits per heavy atom. The van der Waals surface area contributed by atoms with Crippen LogP contribution in [0, 0.1) is 0 Å². The number of ketones is 1. The van der Waals surface area contributed by atoms with Crippen LogP contribution in [0.3, 0.4) is 0 Å². The minimum Gasteiger partial charge on any atom is -0.435 e. The van der Waals surface area contributed by atoms with Crippen molar-refractivity contribution in [1.29, 1.82) is 0 Å². The van der Waals surface area contributed by atoms with E-state index in [1.165, 1.54) is 56.3 Å². The molecule has 32 heavy (non-hydrogen) atoms. The number of amides is 1. The largest absolute Gasteiger partial charge is 0.435 e. The second-order valence-electron chi connectivity index (χ2n) is 6.87. The van der Waals surface area contributed by atoms with Crippen LogP contribution in [0.2, 0.25) is 0 Å². The number of halogens is 4. The van der Waals surface area contributed by atoms with E-state index in [4.69, 9.17) is 5.73 Å². The number of allylic oxidation sites excluding steroid dienone is 1. The molecule has 10 heteroatoms. The number of Topliss-reactive ketones (excluding diaryl/α,β-unsaturated/α-hetero) is 1. The molecule has 0 fully saturated rings. The van der Waals surface area contributed by atoms with Crippen LogP contribution >= 0.6 is 0 Å². The molecule has 0 spiro atoms. The maximum absolute atomic E-state index is 13.6. The first-order chi connectivity index (χ1) is 14.9. The summed E-state index contributed by atoms with van der Waals surface area (Å²) in [5.41, 5.74) is 5.19. The number of benzene rings is 2. The lowest BCUT2D eigenvalue weighted by Gasteiger charge is -2.14. The number of aliphatic imine (C=N–C) groups is 1. The molecule has 170 valence electrons. The monoisotopic (exact) mass is 451 g/mol. The van der Waals surface area contributed by atoms with Crippen LogP contribution in [-0.2, 0) is 15.5 Å². The van der Waals surface area contributed by atoms with Crippen LogP contribution < -0.4 is 15.8 Å². The number of rotatable bonds is 8. The van der Waals surface area contributed by atoms with Gasteiger partial charge in [0.25, 0.3) is 11.8 Å². The summed E-state index contributed by atoms with van der Waals surface area (Å²) >= 11 is 0. The molecule has 0 atom stereocenters. The van der Waals surface area contributed by atoms with Gasteiger partial charge in [-0.2, -0.15) is 8.78 Å². The molecule has 0 unspecified atom stereocenters. The summed E-state index contributed by atoms with van der Waals surface area (Å²) in [5.74, 6) is -4.65. The fourth-order valence-electron chi connectivity index (χ4n) is 2.68. The molecule has 2 aromatic rings. The number of nitrogens with two attached hydrogens (primary N) is 1. The average Bonchev–Trinajstić information content (AvgIpc) is 2.67. The summed E-state index contributed by atoms with van der Waals surface area (Å²) in [4.78, 5) is 29.2. The van der Waals surface area contributed by atoms with Gasteiger partial charge in [-0.3, -0.25) is 9.59 Å². The van der Waals surface area contributed by atoms with E-state index in [2.05, 4.69) is 15.0 Å². The molecule has 0 radical (unpaired) electrons. The van der Waals surface area contributed by atoms with Crippen molar-refractivity contribution < 1.29 is 31.9 Å². The number of anilines is 1. The number of nitrogens with zero attached hydrogens (tertiary/aromatic N) is 1. The Kier molecular flexibility index (Phi) is 7.74. The fourth-order valence-corrected chi connectivity index (χ4v) is 2.68. The lowest BCUT2D eigenvalue weighted by Crippen LogP contribution is -2.28. The maximum atomic E-state index is 13.6. The zero-order valence-corrected chi connectivity index (χ0v) is 17.5. The van der Waals surface area contributed by atoms with Crippen molar-refractivity contribution >= 4 is 28.8 Å². The highest BCUT2D eigenvalue weighted by atomic mass is 19.3. The standard InChI is InChI=1S/C22H21F4N3O3/c1-12(27)18(20(31)29-16-6-4-5-14(11-16)22(3,25)26)19(13(2)30)28-15-7-9-17(10-8-15)32-21(23)24/h4-11,21H,27H2,1-3H3,(H,29,31). The van der Waals surface area contributed by atoms with E-state index >= 15 is 0 Å². The molecule has 0 aliphatic rings. The van der Waals surface area contributed by atoms with Crippen LogP contribution in [0.4, 0.5) is 28.9 Å². The van der Waals surface area contributed by atoms with Crippen molar-refractivity contribution in [1.82, 2.24) is 0 Å². The van der Waals surface area contributed by atoms with Gasteiger partial charge in [0.05, 0.1) is 11.3 Å². The van der Waals surface area contributed by atoms with Crippen molar-refractivity contribution in [3.05, 3.63) is 65.4 Å². The number of carbonyl (C=O) groups excluding carboxylic acids is 2. The molecule has 0 bridgehead atoms. The van der Waals surface area contributed by atoms with E-state index in [1.807, 2.05) is 0 Å². The minimum absolute atomic E-state index is 0.0360. The Balaban J connectivity index is 2.38. The van der Waals surface area contributed by atoms with Crippen molar-refractivity contribution in [3.63, 3.8) is 0 Å². The highest BCUT2D eigenvalue weighted by molar-refractivity contribution is 6.52. The SMILES string of the molecule is CC(=O)C(=Nc1ccc(OC(F)F)cc1)C(C(=O)Nc1cccc(C(C)(F)F)c1)=C(C)N. The number of ether oxygens (including phenoxy) is 1. The van der Waals surface area contributed by atoms with Crippen LogP contribution in [0.5, 0.6) is 5.75 Å². The second-order valence-corrected chi connectivity index (χ2v) is 6.87. The molecule has 0 aromatic heterocycles. The van der Waals surface area contributed by atoms with Gasteiger partial charge in [0, 0.05) is 30.8 Å². The zero-order valence-electron chi connectivity index (χ0n) is 17.5. The number of nitrogens with one attached hydrogen (secondary N) is 1. The average molecular weight is 451 g/mol. The molecule has 6 nitrogen and oxygen atoms in total. The summed E-state index contributed by atoms with van der Waals surface area (Å²) in [6.07, 6.45) is 0. The van der Waals surface area contributed by atoms with Crippen LogP contribution in [0.15, 0.2) is 64.8 Å². The molecule has 0 saturated carbocycles. The summed E-state index contributed by atoms with van der Waals surface area (Å²) < 4.78 is 56.0. The quantitative estimate of drug-likeness (QED) is 0.338. The van der Waals surface area contributed by atoms with E-state index < -0.39 is 24.2 Å². The van der Waals surface area contributed by atoms with Crippen molar-refractivity contribution in [2.24, 2.45) is 10.7 Å². The van der Waals surface area contributed by atoms with Gasteiger partial charge >= 0.3 is 6.61 Å². The Morgan fingerprint density at radius 1 is 1.09 bits per heavy atom. The van der Waals surface area contributed by atoms with Gasteiger partial charge in [-0.25, -0.2) is 13.8 Å². The summed E-state index contributed by atoms with van der Waals surface area (Å²) in [7, 11) is 0. The Bertz CT molecular complexity index is 1050. The lowest BCUT2D eigenvalue weighted by molar-refractivity contribution is -0.114. The van der Waals surface area contributed by atoms with E-state index in [9.17, 15) is 27.2 Å². The molecule has 0 saturated heterocycles. The first-order valence-corrected chi connectivity index (χ1v) is 9.29. The molecule has 0 aliphatic carbocycles. The molecular weight excluding hydrogens is 430 g/mol. The van der Waals surface area contributed by atoms with E-state index in [0.29, 0.717) is 0 Å². The number of hydrogen-bond acceptors (Lipinski definition) is 5. The van der Waals surface area contributed by atoms with Crippen LogP contribution in [0.25, 0.3) is 0 Å². The third kappa shape index (κ3) is 6.66. The molecule has 2 rings (SSSR count). The third-order valence-electron chi connectivity index (χ3n) is 4.12. The topological polar surface area (TPSA) is 93.8 Å². The molecule has 1 amide bonds. The smallest absolute Gasteiger partial charge is 0.387 e. The van der Waals surface area contributed by atoms with E-state index in [1.54, 1.807) is 0 Å². The minimum atomic E-state index is -3.12. The summed E-state index contributed by atoms with van der Waals surface area (Å²) in [5, 5.41) is 2.44. The molecule has 0 aliphatic heterocycles. The van der Waals surface area contributed by atoms with Gasteiger partial charge in [0.1, 0.15) is 11.5 Å². The van der Waals surface area contributed by atoms with Crippen LogP contribution in [0.1, 0.15) is 26.3 Å². The predicted molar refractivity (Wildman–Crippen MR) is 112 cm³/mol. The first-order valence-electron chi connectivity index (χ1n) is 9.29. The molecule has 0 heterocycles. The highest BCUT2D eigenvalue weighted by Gasteiger charge is 2.26. The Hall–Kier alpha value is -3.69. The number of carbonyl (C=O) groups is 2. The predicted octanol–water partition coefficient (Wildman–Crippen LogP) is 4.93. The van der Waals surface area contributed by atoms with Gasteiger partial charge in [0.2, 0.25) is 0 Å². The maximum Gasteiger partial charge on any atom is 0.387 e. The van der Waals surface area contributed by atoms with Gasteiger partial charge in [-0.1, -0.05) is 12.1 Å². The summed E-state index contributed by atoms with van der Waals surface area (Å²) in [6.45, 7) is 0.272. The lowest BCUT2D eigenvalue weighted by atomic mass is 10.0. The number of hydrogen-bond donors (Lipinski definition) is 2. The normalized spacial score (nSPS) is 12.9. The number of alkyl halides is 4. The third-order valence-corrected chi connectivity index (χ3v) is 4.12. The highest BCUT2D eigenvalue weighted by Crippen LogP contribution is 2.29. The van der Waals surface area contributed by atoms with E-state index in [0.717, 1.165) is 13.0 Å². The fraction of sp³-hybridized carbons (Fsp3) is 0.227. The van der Waals surface area contributed by atoms with Gasteiger partial charge in [0.15, 0.2) is 5.78 Å². The van der Waals surface area contributed by atoms with Crippen molar-refractivity contribution in [2.45, 2.75) is 33.3 Å². The Morgan fingerprint density at radius 3 is 2.22 bits per heavy atom. The van der Waals surface area contributed by atoms with Gasteiger partial charge in [-0.15, -0.1) is 0 Å². The molecule has 3 N–H and O–H groups in total. The molecule has 2 aromatic carbocycles.